The van der Waals surface area contributed by atoms with Crippen LogP contribution in [0.1, 0.15) is 37.8 Å². The summed E-state index contributed by atoms with van der Waals surface area (Å²) in [6.07, 6.45) is 9.41. The number of hydrogen-bond acceptors (Lipinski definition) is 6. The van der Waals surface area contributed by atoms with Crippen LogP contribution in [0, 0.1) is 0 Å². The van der Waals surface area contributed by atoms with Gasteiger partial charge in [-0.25, -0.2) is 9.97 Å². The van der Waals surface area contributed by atoms with Crippen LogP contribution in [0.15, 0.2) is 30.6 Å². The first-order valence-electron chi connectivity index (χ1n) is 11.2. The number of amides is 1. The molecule has 0 bridgehead atoms. The third-order valence-corrected chi connectivity index (χ3v) is 6.36. The van der Waals surface area contributed by atoms with Crippen molar-refractivity contribution in [2.24, 2.45) is 7.05 Å². The van der Waals surface area contributed by atoms with E-state index in [-0.39, 0.29) is 11.9 Å². The SMILES string of the molecule is Cn1ncc(-c2ccc3cnc(NC(=O)C4CCCN4)cc3n2)c1CN1CCCCC1. The predicted octanol–water partition coefficient (Wildman–Crippen LogP) is 2.71. The van der Waals surface area contributed by atoms with Crippen molar-refractivity contribution in [3.63, 3.8) is 0 Å². The highest BCUT2D eigenvalue weighted by atomic mass is 16.2. The van der Waals surface area contributed by atoms with Crippen molar-refractivity contribution in [2.75, 3.05) is 25.0 Å². The molecule has 0 aromatic carbocycles. The Bertz CT molecular complexity index is 1080. The zero-order chi connectivity index (χ0) is 21.2. The first kappa shape index (κ1) is 20.1. The molecule has 31 heavy (non-hydrogen) atoms. The Morgan fingerprint density at radius 3 is 2.87 bits per heavy atom. The molecule has 0 radical (unpaired) electrons. The second-order valence-corrected chi connectivity index (χ2v) is 8.56. The smallest absolute Gasteiger partial charge is 0.242 e. The molecule has 2 N–H and O–H groups in total. The molecule has 2 saturated heterocycles. The number of piperidine rings is 1. The minimum Gasteiger partial charge on any atom is -0.309 e. The van der Waals surface area contributed by atoms with Crippen molar-refractivity contribution in [2.45, 2.75) is 44.7 Å². The van der Waals surface area contributed by atoms with Gasteiger partial charge in [0.05, 0.1) is 29.1 Å². The molecule has 3 aromatic rings. The molecule has 0 spiro atoms. The lowest BCUT2D eigenvalue weighted by Gasteiger charge is -2.26. The van der Waals surface area contributed by atoms with Gasteiger partial charge in [0, 0.05) is 36.8 Å². The van der Waals surface area contributed by atoms with Crippen molar-refractivity contribution < 1.29 is 4.79 Å². The maximum absolute atomic E-state index is 12.4. The maximum Gasteiger partial charge on any atom is 0.242 e. The van der Waals surface area contributed by atoms with Crippen LogP contribution in [-0.4, -0.2) is 56.2 Å². The van der Waals surface area contributed by atoms with E-state index in [4.69, 9.17) is 4.98 Å². The van der Waals surface area contributed by atoms with Gasteiger partial charge in [-0.15, -0.1) is 0 Å². The molecule has 0 saturated carbocycles. The number of carbonyl (C=O) groups excluding carboxylic acids is 1. The first-order valence-corrected chi connectivity index (χ1v) is 11.2. The lowest BCUT2D eigenvalue weighted by atomic mass is 10.1. The minimum atomic E-state index is -0.135. The van der Waals surface area contributed by atoms with Crippen LogP contribution in [0.2, 0.25) is 0 Å². The van der Waals surface area contributed by atoms with Crippen LogP contribution in [-0.2, 0) is 18.4 Å². The van der Waals surface area contributed by atoms with E-state index in [0.29, 0.717) is 5.82 Å². The van der Waals surface area contributed by atoms with Gasteiger partial charge in [-0.1, -0.05) is 6.42 Å². The second-order valence-electron chi connectivity index (χ2n) is 8.56. The summed E-state index contributed by atoms with van der Waals surface area (Å²) in [5.41, 5.74) is 3.96. The fourth-order valence-corrected chi connectivity index (χ4v) is 4.55. The number of nitrogens with zero attached hydrogens (tertiary/aromatic N) is 5. The summed E-state index contributed by atoms with van der Waals surface area (Å²) in [5.74, 6) is 0.507. The Morgan fingerprint density at radius 1 is 1.19 bits per heavy atom. The van der Waals surface area contributed by atoms with Crippen molar-refractivity contribution in [3.8, 4) is 11.3 Å². The maximum atomic E-state index is 12.4. The van der Waals surface area contributed by atoms with E-state index in [1.165, 1.54) is 25.0 Å². The van der Waals surface area contributed by atoms with Gasteiger partial charge < -0.3 is 10.6 Å². The summed E-state index contributed by atoms with van der Waals surface area (Å²) >= 11 is 0. The molecule has 2 fully saturated rings. The van der Waals surface area contributed by atoms with Gasteiger partial charge in [-0.2, -0.15) is 5.10 Å². The Kier molecular flexibility index (Phi) is 5.65. The average Bonchev–Trinajstić information content (AvgIpc) is 3.45. The topological polar surface area (TPSA) is 88.0 Å². The number of nitrogens with one attached hydrogen (secondary N) is 2. The van der Waals surface area contributed by atoms with Crippen molar-refractivity contribution in [3.05, 3.63) is 36.3 Å². The number of likely N-dealkylation sites (tertiary alicyclic amines) is 1. The molecule has 3 aromatic heterocycles. The van der Waals surface area contributed by atoms with Crippen molar-refractivity contribution >= 4 is 22.6 Å². The van der Waals surface area contributed by atoms with Gasteiger partial charge in [-0.3, -0.25) is 14.4 Å². The predicted molar refractivity (Wildman–Crippen MR) is 121 cm³/mol. The highest BCUT2D eigenvalue weighted by molar-refractivity contribution is 5.95. The Morgan fingerprint density at radius 2 is 2.06 bits per heavy atom. The van der Waals surface area contributed by atoms with E-state index in [9.17, 15) is 4.79 Å². The minimum absolute atomic E-state index is 0.0309. The number of fused-ring (bicyclic) bond motifs is 1. The molecule has 5 rings (SSSR count). The van der Waals surface area contributed by atoms with Gasteiger partial charge in [-0.05, 0) is 57.5 Å². The number of anilines is 1. The molecular formula is C23H29N7O. The number of rotatable bonds is 5. The molecule has 8 heteroatoms. The fourth-order valence-electron chi connectivity index (χ4n) is 4.55. The molecule has 0 aliphatic carbocycles. The number of carbonyl (C=O) groups is 1. The Balaban J connectivity index is 1.41. The van der Waals surface area contributed by atoms with Crippen molar-refractivity contribution in [1.82, 2.24) is 30.0 Å². The lowest BCUT2D eigenvalue weighted by molar-refractivity contribution is -0.117. The Labute approximate surface area is 182 Å². The standard InChI is InChI=1S/C23H29N7O/c1-29-21(15-30-10-3-2-4-11-30)17(14-26-29)18-8-7-16-13-25-22(12-20(16)27-18)28-23(31)19-6-5-9-24-19/h7-8,12-14,19,24H,2-6,9-11,15H2,1H3,(H,25,28,31). The van der Waals surface area contributed by atoms with Gasteiger partial charge in [0.25, 0.3) is 0 Å². The van der Waals surface area contributed by atoms with E-state index in [2.05, 4.69) is 25.6 Å². The summed E-state index contributed by atoms with van der Waals surface area (Å²) in [4.78, 5) is 24.2. The zero-order valence-corrected chi connectivity index (χ0v) is 18.0. The Hall–Kier alpha value is -2.84. The molecule has 1 unspecified atom stereocenters. The fraction of sp³-hybridized carbons (Fsp3) is 0.478. The lowest BCUT2D eigenvalue weighted by Crippen LogP contribution is -2.35. The van der Waals surface area contributed by atoms with Gasteiger partial charge in [0.1, 0.15) is 5.82 Å². The average molecular weight is 420 g/mol. The number of aromatic nitrogens is 4. The molecule has 162 valence electrons. The van der Waals surface area contributed by atoms with Crippen LogP contribution in [0.3, 0.4) is 0 Å². The van der Waals surface area contributed by atoms with E-state index in [0.717, 1.165) is 61.2 Å². The molecule has 2 aliphatic heterocycles. The molecule has 5 heterocycles. The van der Waals surface area contributed by atoms with Crippen LogP contribution in [0.25, 0.3) is 22.2 Å². The number of hydrogen-bond donors (Lipinski definition) is 2. The molecule has 8 nitrogen and oxygen atoms in total. The van der Waals surface area contributed by atoms with E-state index >= 15 is 0 Å². The van der Waals surface area contributed by atoms with Gasteiger partial charge >= 0.3 is 0 Å². The quantitative estimate of drug-likeness (QED) is 0.661. The monoisotopic (exact) mass is 419 g/mol. The molecular weight excluding hydrogens is 390 g/mol. The molecule has 1 amide bonds. The summed E-state index contributed by atoms with van der Waals surface area (Å²) < 4.78 is 1.96. The highest BCUT2D eigenvalue weighted by Gasteiger charge is 2.22. The number of aryl methyl sites for hydroxylation is 1. The van der Waals surface area contributed by atoms with Crippen LogP contribution < -0.4 is 10.6 Å². The molecule has 2 aliphatic rings. The third kappa shape index (κ3) is 4.31. The summed E-state index contributed by atoms with van der Waals surface area (Å²) in [7, 11) is 2.00. The summed E-state index contributed by atoms with van der Waals surface area (Å²) in [6.45, 7) is 4.05. The van der Waals surface area contributed by atoms with E-state index in [1.807, 2.05) is 36.1 Å². The summed E-state index contributed by atoms with van der Waals surface area (Å²) in [5, 5.41) is 11.6. The molecule has 1 atom stereocenters. The van der Waals surface area contributed by atoms with E-state index < -0.39 is 0 Å². The third-order valence-electron chi connectivity index (χ3n) is 6.36. The normalized spacial score (nSPS) is 19.7. The first-order chi connectivity index (χ1) is 15.2. The van der Waals surface area contributed by atoms with Gasteiger partial charge in [0.15, 0.2) is 0 Å². The van der Waals surface area contributed by atoms with E-state index in [1.54, 1.807) is 6.20 Å². The van der Waals surface area contributed by atoms with Gasteiger partial charge in [0.2, 0.25) is 5.91 Å². The number of pyridine rings is 2. The highest BCUT2D eigenvalue weighted by Crippen LogP contribution is 2.26. The summed E-state index contributed by atoms with van der Waals surface area (Å²) in [6, 6.07) is 5.78. The second kappa shape index (κ2) is 8.72. The van der Waals surface area contributed by atoms with Crippen LogP contribution in [0.5, 0.6) is 0 Å². The van der Waals surface area contributed by atoms with Crippen LogP contribution in [0.4, 0.5) is 5.82 Å². The zero-order valence-electron chi connectivity index (χ0n) is 18.0. The van der Waals surface area contributed by atoms with Crippen LogP contribution >= 0.6 is 0 Å². The largest absolute Gasteiger partial charge is 0.309 e. The van der Waals surface area contributed by atoms with Crippen molar-refractivity contribution in [1.29, 1.82) is 0 Å².